The summed E-state index contributed by atoms with van der Waals surface area (Å²) in [5.41, 5.74) is 0.538. The van der Waals surface area contributed by atoms with Gasteiger partial charge in [0.05, 0.1) is 4.92 Å². The van der Waals surface area contributed by atoms with Gasteiger partial charge in [-0.1, -0.05) is 12.5 Å². The Morgan fingerprint density at radius 2 is 2.10 bits per heavy atom. The van der Waals surface area contributed by atoms with Gasteiger partial charge in [-0.2, -0.15) is 0 Å². The van der Waals surface area contributed by atoms with Crippen LogP contribution in [0.25, 0.3) is 0 Å². The third-order valence-electron chi connectivity index (χ3n) is 3.66. The largest absolute Gasteiger partial charge is 0.485 e. The van der Waals surface area contributed by atoms with Crippen LogP contribution in [0.4, 0.5) is 11.4 Å². The van der Waals surface area contributed by atoms with Crippen LogP contribution in [0.3, 0.4) is 0 Å². The van der Waals surface area contributed by atoms with Gasteiger partial charge in [0.15, 0.2) is 5.75 Å². The SMILES string of the molecule is CCNc1cccc(OCCN2CCCCC2)c1[N+](=O)[O-]. The molecule has 0 unspecified atom stereocenters. The van der Waals surface area contributed by atoms with E-state index in [1.165, 1.54) is 19.3 Å². The van der Waals surface area contributed by atoms with Gasteiger partial charge in [0.1, 0.15) is 12.3 Å². The molecule has 21 heavy (non-hydrogen) atoms. The molecule has 1 saturated heterocycles. The van der Waals surface area contributed by atoms with E-state index in [1.807, 2.05) is 6.92 Å². The maximum Gasteiger partial charge on any atom is 0.333 e. The van der Waals surface area contributed by atoms with E-state index >= 15 is 0 Å². The second-order valence-electron chi connectivity index (χ2n) is 5.19. The first-order valence-corrected chi connectivity index (χ1v) is 7.58. The molecule has 1 aromatic carbocycles. The number of nitrogens with zero attached hydrogens (tertiary/aromatic N) is 2. The number of hydrogen-bond acceptors (Lipinski definition) is 5. The normalized spacial score (nSPS) is 15.7. The summed E-state index contributed by atoms with van der Waals surface area (Å²) in [7, 11) is 0. The zero-order chi connectivity index (χ0) is 15.1. The maximum atomic E-state index is 11.3. The second-order valence-corrected chi connectivity index (χ2v) is 5.19. The Balaban J connectivity index is 1.98. The summed E-state index contributed by atoms with van der Waals surface area (Å²) >= 11 is 0. The summed E-state index contributed by atoms with van der Waals surface area (Å²) in [6.45, 7) is 6.05. The molecule has 116 valence electrons. The molecule has 0 radical (unpaired) electrons. The lowest BCUT2D eigenvalue weighted by Crippen LogP contribution is -2.33. The van der Waals surface area contributed by atoms with Crippen molar-refractivity contribution in [2.45, 2.75) is 26.2 Å². The molecule has 6 nitrogen and oxygen atoms in total. The van der Waals surface area contributed by atoms with Crippen molar-refractivity contribution in [1.82, 2.24) is 4.90 Å². The van der Waals surface area contributed by atoms with Crippen LogP contribution in [-0.4, -0.2) is 42.6 Å². The molecule has 1 fully saturated rings. The molecule has 1 heterocycles. The number of benzene rings is 1. The van der Waals surface area contributed by atoms with Crippen molar-refractivity contribution in [3.8, 4) is 5.75 Å². The Hall–Kier alpha value is -1.82. The number of rotatable bonds is 7. The Kier molecular flexibility index (Phi) is 5.80. The summed E-state index contributed by atoms with van der Waals surface area (Å²) in [5.74, 6) is 0.343. The van der Waals surface area contributed by atoms with E-state index in [1.54, 1.807) is 18.2 Å². The smallest absolute Gasteiger partial charge is 0.333 e. The molecule has 0 aromatic heterocycles. The highest BCUT2D eigenvalue weighted by Gasteiger charge is 2.20. The summed E-state index contributed by atoms with van der Waals surface area (Å²) in [4.78, 5) is 13.2. The monoisotopic (exact) mass is 293 g/mol. The third-order valence-corrected chi connectivity index (χ3v) is 3.66. The van der Waals surface area contributed by atoms with E-state index in [0.29, 0.717) is 24.6 Å². The van der Waals surface area contributed by atoms with Gasteiger partial charge < -0.3 is 10.1 Å². The maximum absolute atomic E-state index is 11.3. The molecule has 1 aromatic rings. The highest BCUT2D eigenvalue weighted by Crippen LogP contribution is 2.34. The van der Waals surface area contributed by atoms with Crippen molar-refractivity contribution in [3.05, 3.63) is 28.3 Å². The van der Waals surface area contributed by atoms with Crippen LogP contribution in [0.2, 0.25) is 0 Å². The first kappa shape index (κ1) is 15.6. The van der Waals surface area contributed by atoms with Gasteiger partial charge in [0, 0.05) is 13.1 Å². The standard InChI is InChI=1S/C15H23N3O3/c1-2-16-13-7-6-8-14(15(13)18(19)20)21-12-11-17-9-4-3-5-10-17/h6-8,16H,2-5,9-12H2,1H3. The highest BCUT2D eigenvalue weighted by molar-refractivity contribution is 5.68. The fraction of sp³-hybridized carbons (Fsp3) is 0.600. The summed E-state index contributed by atoms with van der Waals surface area (Å²) in [6, 6.07) is 5.15. The van der Waals surface area contributed by atoms with E-state index < -0.39 is 0 Å². The number of nitrogens with one attached hydrogen (secondary N) is 1. The van der Waals surface area contributed by atoms with Crippen molar-refractivity contribution >= 4 is 11.4 Å². The molecule has 0 bridgehead atoms. The number of para-hydroxylation sites is 1. The van der Waals surface area contributed by atoms with E-state index in [0.717, 1.165) is 19.6 Å². The van der Waals surface area contributed by atoms with Gasteiger partial charge in [-0.05, 0) is 45.0 Å². The first-order chi connectivity index (χ1) is 10.2. The Bertz CT molecular complexity index is 473. The van der Waals surface area contributed by atoms with Crippen LogP contribution < -0.4 is 10.1 Å². The van der Waals surface area contributed by atoms with E-state index in [2.05, 4.69) is 10.2 Å². The minimum atomic E-state index is -0.381. The van der Waals surface area contributed by atoms with Crippen LogP contribution in [0.1, 0.15) is 26.2 Å². The van der Waals surface area contributed by atoms with Crippen LogP contribution in [0.5, 0.6) is 5.75 Å². The van der Waals surface area contributed by atoms with Gasteiger partial charge in [-0.15, -0.1) is 0 Å². The first-order valence-electron chi connectivity index (χ1n) is 7.58. The van der Waals surface area contributed by atoms with Gasteiger partial charge in [0.2, 0.25) is 0 Å². The lowest BCUT2D eigenvalue weighted by Gasteiger charge is -2.26. The van der Waals surface area contributed by atoms with Crippen molar-refractivity contribution in [1.29, 1.82) is 0 Å². The number of likely N-dealkylation sites (tertiary alicyclic amines) is 1. The fourth-order valence-corrected chi connectivity index (χ4v) is 2.63. The Morgan fingerprint density at radius 1 is 1.33 bits per heavy atom. The predicted octanol–water partition coefficient (Wildman–Crippen LogP) is 2.89. The number of nitro benzene ring substituents is 1. The van der Waals surface area contributed by atoms with Crippen LogP contribution in [0, 0.1) is 10.1 Å². The molecule has 0 spiro atoms. The molecular formula is C15H23N3O3. The molecule has 0 amide bonds. The van der Waals surface area contributed by atoms with Gasteiger partial charge in [0.25, 0.3) is 0 Å². The lowest BCUT2D eigenvalue weighted by atomic mass is 10.1. The summed E-state index contributed by atoms with van der Waals surface area (Å²) in [5, 5.41) is 14.3. The second kappa shape index (κ2) is 7.83. The Morgan fingerprint density at radius 3 is 2.76 bits per heavy atom. The fourth-order valence-electron chi connectivity index (χ4n) is 2.63. The van der Waals surface area contributed by atoms with Gasteiger partial charge in [-0.3, -0.25) is 15.0 Å². The topological polar surface area (TPSA) is 67.6 Å². The zero-order valence-electron chi connectivity index (χ0n) is 12.5. The predicted molar refractivity (Wildman–Crippen MR) is 83.0 cm³/mol. The quantitative estimate of drug-likeness (QED) is 0.618. The van der Waals surface area contributed by atoms with Crippen molar-refractivity contribution in [2.24, 2.45) is 0 Å². The molecular weight excluding hydrogens is 270 g/mol. The van der Waals surface area contributed by atoms with E-state index in [4.69, 9.17) is 4.74 Å². The highest BCUT2D eigenvalue weighted by atomic mass is 16.6. The molecule has 1 N–H and O–H groups in total. The number of ether oxygens (including phenoxy) is 1. The van der Waals surface area contributed by atoms with Gasteiger partial charge >= 0.3 is 5.69 Å². The number of piperidine rings is 1. The lowest BCUT2D eigenvalue weighted by molar-refractivity contribution is -0.385. The summed E-state index contributed by atoms with van der Waals surface area (Å²) in [6.07, 6.45) is 3.76. The average Bonchev–Trinajstić information content (AvgIpc) is 2.48. The van der Waals surface area contributed by atoms with E-state index in [-0.39, 0.29) is 10.6 Å². The third kappa shape index (κ3) is 4.32. The molecule has 6 heteroatoms. The number of nitro groups is 1. The molecule has 2 rings (SSSR count). The molecule has 0 atom stereocenters. The van der Waals surface area contributed by atoms with Crippen molar-refractivity contribution < 1.29 is 9.66 Å². The Labute approximate surface area is 125 Å². The molecule has 1 aliphatic heterocycles. The van der Waals surface area contributed by atoms with Crippen molar-refractivity contribution in [2.75, 3.05) is 38.1 Å². The summed E-state index contributed by atoms with van der Waals surface area (Å²) < 4.78 is 5.66. The molecule has 0 aliphatic carbocycles. The molecule has 1 aliphatic rings. The van der Waals surface area contributed by atoms with Crippen LogP contribution in [-0.2, 0) is 0 Å². The molecule has 0 saturated carbocycles. The average molecular weight is 293 g/mol. The van der Waals surface area contributed by atoms with E-state index in [9.17, 15) is 10.1 Å². The zero-order valence-corrected chi connectivity index (χ0v) is 12.5. The van der Waals surface area contributed by atoms with Crippen LogP contribution in [0.15, 0.2) is 18.2 Å². The van der Waals surface area contributed by atoms with Crippen molar-refractivity contribution in [3.63, 3.8) is 0 Å². The minimum Gasteiger partial charge on any atom is -0.485 e. The number of hydrogen-bond donors (Lipinski definition) is 1. The van der Waals surface area contributed by atoms with Gasteiger partial charge in [-0.25, -0.2) is 0 Å². The minimum absolute atomic E-state index is 0.0259. The number of anilines is 1. The van der Waals surface area contributed by atoms with Crippen LogP contribution >= 0.6 is 0 Å².